The SMILES string of the molecule is COc1cc(C(=O)N2CCN(c3cccc(Cl)c3)CC2)cc(Cl)c1OC. The summed E-state index contributed by atoms with van der Waals surface area (Å²) < 4.78 is 10.5. The summed E-state index contributed by atoms with van der Waals surface area (Å²) in [5, 5.41) is 1.06. The maximum atomic E-state index is 12.8. The Bertz CT molecular complexity index is 805. The minimum Gasteiger partial charge on any atom is -0.493 e. The van der Waals surface area contributed by atoms with Crippen molar-refractivity contribution in [1.29, 1.82) is 0 Å². The second-order valence-electron chi connectivity index (χ2n) is 5.95. The van der Waals surface area contributed by atoms with Crippen LogP contribution in [0.5, 0.6) is 11.5 Å². The van der Waals surface area contributed by atoms with Gasteiger partial charge in [-0.1, -0.05) is 29.3 Å². The van der Waals surface area contributed by atoms with Gasteiger partial charge in [-0.2, -0.15) is 0 Å². The van der Waals surface area contributed by atoms with Gasteiger partial charge in [-0.15, -0.1) is 0 Å². The Morgan fingerprint density at radius 2 is 1.73 bits per heavy atom. The fourth-order valence-corrected chi connectivity index (χ4v) is 3.54. The lowest BCUT2D eigenvalue weighted by Gasteiger charge is -2.36. The van der Waals surface area contributed by atoms with Gasteiger partial charge in [0.2, 0.25) is 0 Å². The smallest absolute Gasteiger partial charge is 0.254 e. The molecule has 2 aromatic rings. The molecule has 0 spiro atoms. The van der Waals surface area contributed by atoms with E-state index in [0.717, 1.165) is 18.8 Å². The summed E-state index contributed by atoms with van der Waals surface area (Å²) in [5.74, 6) is 0.802. The number of carbonyl (C=O) groups is 1. The molecular formula is C19H20Cl2N2O3. The summed E-state index contributed by atoms with van der Waals surface area (Å²) in [5.41, 5.74) is 1.56. The van der Waals surface area contributed by atoms with Gasteiger partial charge in [0.05, 0.1) is 19.2 Å². The number of methoxy groups -OCH3 is 2. The highest BCUT2D eigenvalue weighted by Crippen LogP contribution is 2.36. The van der Waals surface area contributed by atoms with Gasteiger partial charge in [0.1, 0.15) is 0 Å². The van der Waals surface area contributed by atoms with E-state index in [1.165, 1.54) is 14.2 Å². The predicted molar refractivity (Wildman–Crippen MR) is 104 cm³/mol. The molecule has 1 aliphatic rings. The van der Waals surface area contributed by atoms with Crippen LogP contribution in [0.3, 0.4) is 0 Å². The molecule has 0 unspecified atom stereocenters. The normalized spacial score (nSPS) is 14.3. The number of halogens is 2. The first kappa shape index (κ1) is 18.7. The Balaban J connectivity index is 1.71. The van der Waals surface area contributed by atoms with Gasteiger partial charge in [0.15, 0.2) is 11.5 Å². The van der Waals surface area contributed by atoms with Crippen molar-refractivity contribution >= 4 is 34.8 Å². The molecule has 0 aromatic heterocycles. The summed E-state index contributed by atoms with van der Waals surface area (Å²) in [7, 11) is 3.03. The molecule has 5 nitrogen and oxygen atoms in total. The Labute approximate surface area is 163 Å². The molecule has 1 heterocycles. The zero-order chi connectivity index (χ0) is 18.7. The average molecular weight is 395 g/mol. The van der Waals surface area contributed by atoms with Crippen molar-refractivity contribution in [2.24, 2.45) is 0 Å². The van der Waals surface area contributed by atoms with Crippen LogP contribution in [0.2, 0.25) is 10.0 Å². The highest BCUT2D eigenvalue weighted by atomic mass is 35.5. The molecule has 0 saturated carbocycles. The standard InChI is InChI=1S/C19H20Cl2N2O3/c1-25-17-11-13(10-16(21)18(17)26-2)19(24)23-8-6-22(7-9-23)15-5-3-4-14(20)12-15/h3-5,10-12H,6-9H2,1-2H3. The Hall–Kier alpha value is -2.11. The molecule has 26 heavy (non-hydrogen) atoms. The zero-order valence-electron chi connectivity index (χ0n) is 14.7. The maximum absolute atomic E-state index is 12.8. The first-order valence-corrected chi connectivity index (χ1v) is 9.00. The minimum atomic E-state index is -0.0707. The number of benzene rings is 2. The molecule has 0 radical (unpaired) electrons. The molecule has 0 atom stereocenters. The minimum absolute atomic E-state index is 0.0707. The third kappa shape index (κ3) is 3.84. The predicted octanol–water partition coefficient (Wildman–Crippen LogP) is 3.97. The van der Waals surface area contributed by atoms with Crippen molar-refractivity contribution in [1.82, 2.24) is 4.90 Å². The molecule has 1 saturated heterocycles. The maximum Gasteiger partial charge on any atom is 0.254 e. The fourth-order valence-electron chi connectivity index (χ4n) is 3.06. The monoisotopic (exact) mass is 394 g/mol. The molecule has 3 rings (SSSR count). The number of amides is 1. The lowest BCUT2D eigenvalue weighted by molar-refractivity contribution is 0.0746. The van der Waals surface area contributed by atoms with E-state index in [4.69, 9.17) is 32.7 Å². The van der Waals surface area contributed by atoms with Crippen molar-refractivity contribution in [2.75, 3.05) is 45.3 Å². The van der Waals surface area contributed by atoms with Crippen LogP contribution in [0.4, 0.5) is 5.69 Å². The molecule has 0 aliphatic carbocycles. The second kappa shape index (κ2) is 8.06. The van der Waals surface area contributed by atoms with Crippen LogP contribution in [-0.2, 0) is 0 Å². The third-order valence-corrected chi connectivity index (χ3v) is 4.94. The van der Waals surface area contributed by atoms with Gasteiger partial charge in [-0.3, -0.25) is 4.79 Å². The highest BCUT2D eigenvalue weighted by molar-refractivity contribution is 6.32. The van der Waals surface area contributed by atoms with E-state index >= 15 is 0 Å². The van der Waals surface area contributed by atoms with E-state index in [9.17, 15) is 4.79 Å². The number of nitrogens with zero attached hydrogens (tertiary/aromatic N) is 2. The van der Waals surface area contributed by atoms with Crippen LogP contribution in [0.15, 0.2) is 36.4 Å². The summed E-state index contributed by atoms with van der Waals surface area (Å²) in [4.78, 5) is 16.9. The molecule has 0 N–H and O–H groups in total. The summed E-state index contributed by atoms with van der Waals surface area (Å²) in [6.07, 6.45) is 0. The van der Waals surface area contributed by atoms with Gasteiger partial charge in [-0.05, 0) is 30.3 Å². The third-order valence-electron chi connectivity index (χ3n) is 4.42. The summed E-state index contributed by atoms with van der Waals surface area (Å²) in [6.45, 7) is 2.73. The van der Waals surface area contributed by atoms with Crippen LogP contribution in [0, 0.1) is 0 Å². The molecule has 1 aliphatic heterocycles. The van der Waals surface area contributed by atoms with Crippen molar-refractivity contribution in [2.45, 2.75) is 0 Å². The Morgan fingerprint density at radius 1 is 1.00 bits per heavy atom. The van der Waals surface area contributed by atoms with Gasteiger partial charge in [0, 0.05) is 42.5 Å². The van der Waals surface area contributed by atoms with Gasteiger partial charge >= 0.3 is 0 Å². The van der Waals surface area contributed by atoms with Crippen molar-refractivity contribution in [3.63, 3.8) is 0 Å². The Morgan fingerprint density at radius 3 is 2.35 bits per heavy atom. The van der Waals surface area contributed by atoms with Crippen LogP contribution in [-0.4, -0.2) is 51.2 Å². The molecular weight excluding hydrogens is 375 g/mol. The molecule has 1 amide bonds. The summed E-state index contributed by atoms with van der Waals surface area (Å²) in [6, 6.07) is 11.0. The van der Waals surface area contributed by atoms with Crippen molar-refractivity contribution in [3.8, 4) is 11.5 Å². The molecule has 138 valence electrons. The van der Waals surface area contributed by atoms with Crippen LogP contribution < -0.4 is 14.4 Å². The van der Waals surface area contributed by atoms with E-state index in [1.807, 2.05) is 29.2 Å². The second-order valence-corrected chi connectivity index (χ2v) is 6.80. The lowest BCUT2D eigenvalue weighted by Crippen LogP contribution is -2.48. The van der Waals surface area contributed by atoms with Crippen molar-refractivity contribution < 1.29 is 14.3 Å². The number of anilines is 1. The van der Waals surface area contributed by atoms with Crippen molar-refractivity contribution in [3.05, 3.63) is 52.0 Å². The van der Waals surface area contributed by atoms with E-state index in [0.29, 0.717) is 40.2 Å². The van der Waals surface area contributed by atoms with E-state index in [2.05, 4.69) is 4.90 Å². The largest absolute Gasteiger partial charge is 0.493 e. The number of hydrogen-bond donors (Lipinski definition) is 0. The van der Waals surface area contributed by atoms with Crippen LogP contribution in [0.1, 0.15) is 10.4 Å². The van der Waals surface area contributed by atoms with E-state index in [1.54, 1.807) is 12.1 Å². The molecule has 0 bridgehead atoms. The van der Waals surface area contributed by atoms with Gasteiger partial charge in [0.25, 0.3) is 5.91 Å². The first-order valence-electron chi connectivity index (χ1n) is 8.25. The first-order chi connectivity index (χ1) is 12.5. The number of ether oxygens (including phenoxy) is 2. The topological polar surface area (TPSA) is 42.0 Å². The Kier molecular flexibility index (Phi) is 5.79. The van der Waals surface area contributed by atoms with E-state index < -0.39 is 0 Å². The lowest BCUT2D eigenvalue weighted by atomic mass is 10.1. The van der Waals surface area contributed by atoms with E-state index in [-0.39, 0.29) is 5.91 Å². The fraction of sp³-hybridized carbons (Fsp3) is 0.316. The number of piperazine rings is 1. The average Bonchev–Trinajstić information content (AvgIpc) is 2.66. The molecule has 7 heteroatoms. The van der Waals surface area contributed by atoms with Crippen LogP contribution >= 0.6 is 23.2 Å². The van der Waals surface area contributed by atoms with Crippen LogP contribution in [0.25, 0.3) is 0 Å². The highest BCUT2D eigenvalue weighted by Gasteiger charge is 2.24. The number of carbonyl (C=O) groups excluding carboxylic acids is 1. The number of hydrogen-bond acceptors (Lipinski definition) is 4. The molecule has 1 fully saturated rings. The zero-order valence-corrected chi connectivity index (χ0v) is 16.2. The quantitative estimate of drug-likeness (QED) is 0.786. The van der Waals surface area contributed by atoms with Gasteiger partial charge in [-0.25, -0.2) is 0 Å². The van der Waals surface area contributed by atoms with Gasteiger partial charge < -0.3 is 19.3 Å². The molecule has 2 aromatic carbocycles. The summed E-state index contributed by atoms with van der Waals surface area (Å²) >= 11 is 12.3. The number of rotatable bonds is 4.